The summed E-state index contributed by atoms with van der Waals surface area (Å²) in [5, 5.41) is 0. The summed E-state index contributed by atoms with van der Waals surface area (Å²) in [4.78, 5) is 21.9. The molecule has 6 heteroatoms. The molecule has 0 aromatic heterocycles. The van der Waals surface area contributed by atoms with E-state index in [1.54, 1.807) is 12.1 Å². The molecule has 18 heavy (non-hydrogen) atoms. The smallest absolute Gasteiger partial charge is 0.338 e. The Balaban J connectivity index is 2.79. The van der Waals surface area contributed by atoms with Crippen LogP contribution in [0.2, 0.25) is 0 Å². The van der Waals surface area contributed by atoms with Crippen LogP contribution in [0, 0.1) is 0 Å². The first-order valence-electron chi connectivity index (χ1n) is 4.94. The maximum Gasteiger partial charge on any atom is 0.338 e. The summed E-state index contributed by atoms with van der Waals surface area (Å²) < 4.78 is 7.42. The Morgan fingerprint density at radius 2 is 1.94 bits per heavy atom. The minimum atomic E-state index is -0.535. The van der Waals surface area contributed by atoms with Gasteiger partial charge in [0.1, 0.15) is 12.0 Å². The van der Waals surface area contributed by atoms with Crippen LogP contribution in [0.15, 0.2) is 37.7 Å². The molecule has 96 valence electrons. The molecular formula is C12H9Br3O3. The molecule has 0 spiro atoms. The highest BCUT2D eigenvalue weighted by atomic mass is 79.9. The van der Waals surface area contributed by atoms with Crippen LogP contribution in [0.25, 0.3) is 0 Å². The van der Waals surface area contributed by atoms with Crippen molar-refractivity contribution in [3.05, 3.63) is 37.7 Å². The molecular weight excluding hydrogens is 432 g/mol. The normalized spacial score (nSPS) is 9.94. The molecule has 0 saturated carbocycles. The molecule has 0 radical (unpaired) electrons. The highest BCUT2D eigenvalue weighted by Gasteiger charge is 2.14. The molecule has 0 aliphatic heterocycles. The van der Waals surface area contributed by atoms with Gasteiger partial charge in [-0.3, -0.25) is 0 Å². The van der Waals surface area contributed by atoms with E-state index in [1.807, 2.05) is 0 Å². The van der Waals surface area contributed by atoms with Gasteiger partial charge in [-0.25, -0.2) is 4.79 Å². The van der Waals surface area contributed by atoms with Gasteiger partial charge in [-0.05, 0) is 66.3 Å². The van der Waals surface area contributed by atoms with E-state index in [0.29, 0.717) is 16.6 Å². The van der Waals surface area contributed by atoms with Crippen LogP contribution in [0.4, 0.5) is 0 Å². The Bertz CT molecular complexity index is 498. The summed E-state index contributed by atoms with van der Waals surface area (Å²) in [6.45, 7) is 3.59. The quantitative estimate of drug-likeness (QED) is 0.224. The van der Waals surface area contributed by atoms with Crippen molar-refractivity contribution in [3.63, 3.8) is 0 Å². The van der Waals surface area contributed by atoms with Crippen molar-refractivity contribution in [1.82, 2.24) is 0 Å². The number of hydrogen-bond donors (Lipinski definition) is 0. The van der Waals surface area contributed by atoms with Gasteiger partial charge in [0, 0.05) is 20.9 Å². The lowest BCUT2D eigenvalue weighted by atomic mass is 10.2. The fourth-order valence-electron chi connectivity index (χ4n) is 1.09. The van der Waals surface area contributed by atoms with Gasteiger partial charge in [0.15, 0.2) is 0 Å². The lowest BCUT2D eigenvalue weighted by Crippen LogP contribution is -2.11. The summed E-state index contributed by atoms with van der Waals surface area (Å²) in [6.07, 6.45) is 1.31. The average molecular weight is 441 g/mol. The molecule has 0 saturated heterocycles. The van der Waals surface area contributed by atoms with E-state index in [9.17, 15) is 9.59 Å². The predicted octanol–water partition coefficient (Wildman–Crippen LogP) is 4.41. The van der Waals surface area contributed by atoms with E-state index in [-0.39, 0.29) is 12.0 Å². The van der Waals surface area contributed by atoms with E-state index in [1.165, 1.54) is 0 Å². The Morgan fingerprint density at radius 1 is 1.28 bits per heavy atom. The Kier molecular flexibility index (Phi) is 6.25. The lowest BCUT2D eigenvalue weighted by Gasteiger charge is -2.09. The summed E-state index contributed by atoms with van der Waals surface area (Å²) in [5.74, 6) is -0.144. The van der Waals surface area contributed by atoms with Gasteiger partial charge >= 0.3 is 5.97 Å². The van der Waals surface area contributed by atoms with Crippen LogP contribution in [0.3, 0.4) is 0 Å². The topological polar surface area (TPSA) is 43.4 Å². The first-order chi connectivity index (χ1) is 8.47. The van der Waals surface area contributed by atoms with Crippen LogP contribution >= 0.6 is 47.8 Å². The number of hydrogen-bond acceptors (Lipinski definition) is 3. The fourth-order valence-corrected chi connectivity index (χ4v) is 2.44. The molecule has 0 bridgehead atoms. The number of benzene rings is 1. The highest BCUT2D eigenvalue weighted by Crippen LogP contribution is 2.38. The van der Waals surface area contributed by atoms with Gasteiger partial charge in [-0.1, -0.05) is 6.58 Å². The van der Waals surface area contributed by atoms with E-state index < -0.39 is 5.97 Å². The summed E-state index contributed by atoms with van der Waals surface area (Å²) in [7, 11) is 0. The van der Waals surface area contributed by atoms with Gasteiger partial charge in [0.2, 0.25) is 0 Å². The highest BCUT2D eigenvalue weighted by molar-refractivity contribution is 9.14. The van der Waals surface area contributed by atoms with Crippen molar-refractivity contribution in [1.29, 1.82) is 0 Å². The molecule has 0 amide bonds. The number of halogens is 3. The lowest BCUT2D eigenvalue weighted by molar-refractivity contribution is -0.130. The van der Waals surface area contributed by atoms with Gasteiger partial charge in [-0.2, -0.15) is 0 Å². The van der Waals surface area contributed by atoms with Crippen LogP contribution in [0.5, 0.6) is 5.75 Å². The standard InChI is InChI=1S/C12H9Br3O3/c1-7(3-2-6-16)12(17)18-9-5-4-8(13)10(14)11(9)15/h4-6H,1-3H2. The molecule has 1 rings (SSSR count). The second-order valence-corrected chi connectivity index (χ2v) is 5.81. The molecule has 0 aliphatic rings. The van der Waals surface area contributed by atoms with Gasteiger partial charge < -0.3 is 9.53 Å². The third-order valence-corrected chi connectivity index (χ3v) is 5.39. The number of esters is 1. The Hall–Kier alpha value is -0.460. The summed E-state index contributed by atoms with van der Waals surface area (Å²) in [6, 6.07) is 3.41. The van der Waals surface area contributed by atoms with Crippen molar-refractivity contribution >= 4 is 60.0 Å². The van der Waals surface area contributed by atoms with Crippen molar-refractivity contribution in [2.75, 3.05) is 0 Å². The van der Waals surface area contributed by atoms with Crippen molar-refractivity contribution < 1.29 is 14.3 Å². The maximum absolute atomic E-state index is 11.7. The minimum absolute atomic E-state index is 0.263. The van der Waals surface area contributed by atoms with Crippen molar-refractivity contribution in [2.24, 2.45) is 0 Å². The zero-order valence-electron chi connectivity index (χ0n) is 9.21. The molecule has 3 nitrogen and oxygen atoms in total. The fraction of sp³-hybridized carbons (Fsp3) is 0.167. The third-order valence-electron chi connectivity index (χ3n) is 2.06. The van der Waals surface area contributed by atoms with Gasteiger partial charge in [0.25, 0.3) is 0 Å². The number of ether oxygens (including phenoxy) is 1. The van der Waals surface area contributed by atoms with E-state index in [4.69, 9.17) is 4.74 Å². The molecule has 0 atom stereocenters. The summed E-state index contributed by atoms with van der Waals surface area (Å²) >= 11 is 10.0. The maximum atomic E-state index is 11.7. The number of carbonyl (C=O) groups excluding carboxylic acids is 2. The van der Waals surface area contributed by atoms with Gasteiger partial charge in [-0.15, -0.1) is 0 Å². The molecule has 1 aromatic carbocycles. The molecule has 0 aliphatic carbocycles. The molecule has 0 fully saturated rings. The molecule has 0 heterocycles. The van der Waals surface area contributed by atoms with Crippen LogP contribution < -0.4 is 4.74 Å². The minimum Gasteiger partial charge on any atom is -0.422 e. The Labute approximate surface area is 130 Å². The molecule has 0 unspecified atom stereocenters. The number of rotatable bonds is 5. The summed E-state index contributed by atoms with van der Waals surface area (Å²) in [5.41, 5.74) is 0.271. The van der Waals surface area contributed by atoms with Crippen molar-refractivity contribution in [2.45, 2.75) is 12.8 Å². The van der Waals surface area contributed by atoms with Crippen LogP contribution in [0.1, 0.15) is 12.8 Å². The number of aldehydes is 1. The number of carbonyl (C=O) groups is 2. The monoisotopic (exact) mass is 438 g/mol. The van der Waals surface area contributed by atoms with Crippen LogP contribution in [-0.4, -0.2) is 12.3 Å². The molecule has 1 aromatic rings. The average Bonchev–Trinajstić information content (AvgIpc) is 2.36. The second-order valence-electron chi connectivity index (χ2n) is 3.37. The van der Waals surface area contributed by atoms with E-state index in [2.05, 4.69) is 54.4 Å². The Morgan fingerprint density at radius 3 is 2.56 bits per heavy atom. The van der Waals surface area contributed by atoms with Crippen LogP contribution in [-0.2, 0) is 9.59 Å². The second kappa shape index (κ2) is 7.21. The zero-order chi connectivity index (χ0) is 13.7. The predicted molar refractivity (Wildman–Crippen MR) is 79.6 cm³/mol. The SMILES string of the molecule is C=C(CCC=O)C(=O)Oc1ccc(Br)c(Br)c1Br. The largest absolute Gasteiger partial charge is 0.422 e. The zero-order valence-corrected chi connectivity index (χ0v) is 14.0. The van der Waals surface area contributed by atoms with E-state index >= 15 is 0 Å². The third kappa shape index (κ3) is 4.03. The first kappa shape index (κ1) is 15.6. The van der Waals surface area contributed by atoms with E-state index in [0.717, 1.165) is 15.2 Å². The first-order valence-corrected chi connectivity index (χ1v) is 7.32. The van der Waals surface area contributed by atoms with Gasteiger partial charge in [0.05, 0.1) is 4.47 Å². The molecule has 0 N–H and O–H groups in total. The van der Waals surface area contributed by atoms with Crippen molar-refractivity contribution in [3.8, 4) is 5.75 Å².